The van der Waals surface area contributed by atoms with Crippen molar-refractivity contribution >= 4 is 17.4 Å². The predicted molar refractivity (Wildman–Crippen MR) is 129 cm³/mol. The van der Waals surface area contributed by atoms with Gasteiger partial charge in [0, 0.05) is 18.2 Å². The van der Waals surface area contributed by atoms with E-state index in [2.05, 4.69) is 5.43 Å². The predicted octanol–water partition coefficient (Wildman–Crippen LogP) is 4.07. The minimum absolute atomic E-state index is 0.0445. The number of hydrogen-bond acceptors (Lipinski definition) is 5. The SMILES string of the molecule is COc1ccccc1C1NN(CC2CCC(COCC(=O)O)CC2)C(=O)C=C1c1ccccc1. The van der Waals surface area contributed by atoms with Gasteiger partial charge in [-0.15, -0.1) is 0 Å². The lowest BCUT2D eigenvalue weighted by atomic mass is 9.82. The van der Waals surface area contributed by atoms with Gasteiger partial charge in [0.2, 0.25) is 0 Å². The Morgan fingerprint density at radius 1 is 1.03 bits per heavy atom. The first kappa shape index (κ1) is 24.0. The summed E-state index contributed by atoms with van der Waals surface area (Å²) in [5.41, 5.74) is 6.40. The standard InChI is InChI=1S/C27H32N2O5/c1-33-24-10-6-5-9-22(24)27-23(21-7-3-2-4-8-21)15-25(30)29(28-27)16-19-11-13-20(14-12-19)17-34-18-26(31)32/h2-10,15,19-20,27-28H,11-14,16-18H2,1H3,(H,31,32). The molecule has 0 radical (unpaired) electrons. The first-order valence-corrected chi connectivity index (χ1v) is 11.8. The third kappa shape index (κ3) is 5.85. The van der Waals surface area contributed by atoms with Crippen LogP contribution in [0.4, 0.5) is 0 Å². The molecule has 180 valence electrons. The van der Waals surface area contributed by atoms with Crippen molar-refractivity contribution in [3.63, 3.8) is 0 Å². The number of nitrogens with zero attached hydrogens (tertiary/aromatic N) is 1. The van der Waals surface area contributed by atoms with Crippen LogP contribution < -0.4 is 10.2 Å². The summed E-state index contributed by atoms with van der Waals surface area (Å²) in [4.78, 5) is 23.8. The Hall–Kier alpha value is -3.16. The second-order valence-electron chi connectivity index (χ2n) is 9.01. The molecule has 7 nitrogen and oxygen atoms in total. The van der Waals surface area contributed by atoms with Crippen molar-refractivity contribution in [2.75, 3.05) is 26.9 Å². The number of ether oxygens (including phenoxy) is 2. The van der Waals surface area contributed by atoms with Crippen LogP contribution in [0.1, 0.15) is 42.9 Å². The van der Waals surface area contributed by atoms with Gasteiger partial charge < -0.3 is 14.6 Å². The summed E-state index contributed by atoms with van der Waals surface area (Å²) in [6, 6.07) is 17.6. The number of carbonyl (C=O) groups excluding carboxylic acids is 1. The van der Waals surface area contributed by atoms with E-state index in [-0.39, 0.29) is 18.6 Å². The number of hydrogen-bond donors (Lipinski definition) is 2. The normalized spacial score (nSPS) is 22.9. The number of nitrogens with one attached hydrogen (secondary N) is 1. The Kier molecular flexibility index (Phi) is 7.98. The maximum atomic E-state index is 13.1. The molecule has 2 aromatic rings. The average molecular weight is 465 g/mol. The monoisotopic (exact) mass is 464 g/mol. The van der Waals surface area contributed by atoms with E-state index in [1.165, 1.54) is 0 Å². The molecule has 2 aromatic carbocycles. The van der Waals surface area contributed by atoms with E-state index in [1.807, 2.05) is 54.6 Å². The summed E-state index contributed by atoms with van der Waals surface area (Å²) >= 11 is 0. The fourth-order valence-corrected chi connectivity index (χ4v) is 4.90. The molecule has 0 spiro atoms. The van der Waals surface area contributed by atoms with Gasteiger partial charge in [0.25, 0.3) is 5.91 Å². The number of hydrazine groups is 1. The van der Waals surface area contributed by atoms with Crippen molar-refractivity contribution in [2.24, 2.45) is 11.8 Å². The Morgan fingerprint density at radius 3 is 2.41 bits per heavy atom. The molecule has 7 heteroatoms. The summed E-state index contributed by atoms with van der Waals surface area (Å²) in [6.07, 6.45) is 5.68. The average Bonchev–Trinajstić information content (AvgIpc) is 2.86. The second kappa shape index (κ2) is 11.3. The van der Waals surface area contributed by atoms with Crippen LogP contribution in [0.5, 0.6) is 5.75 Å². The molecular formula is C27H32N2O5. The fraction of sp³-hybridized carbons (Fsp3) is 0.407. The lowest BCUT2D eigenvalue weighted by molar-refractivity contribution is -0.142. The number of para-hydroxylation sites is 1. The molecule has 0 aromatic heterocycles. The van der Waals surface area contributed by atoms with Crippen LogP contribution in [0.15, 0.2) is 60.7 Å². The van der Waals surface area contributed by atoms with E-state index in [4.69, 9.17) is 14.6 Å². The number of amides is 1. The van der Waals surface area contributed by atoms with Crippen LogP contribution in [-0.2, 0) is 14.3 Å². The molecule has 1 aliphatic heterocycles. The first-order valence-electron chi connectivity index (χ1n) is 11.8. The number of carboxylic acid groups (broad SMARTS) is 1. The van der Waals surface area contributed by atoms with Crippen LogP contribution in [0.25, 0.3) is 5.57 Å². The quantitative estimate of drug-likeness (QED) is 0.582. The van der Waals surface area contributed by atoms with Gasteiger partial charge in [-0.05, 0) is 54.7 Å². The molecular weight excluding hydrogens is 432 g/mol. The summed E-state index contributed by atoms with van der Waals surface area (Å²) in [7, 11) is 1.66. The Labute approximate surface area is 200 Å². The molecule has 1 unspecified atom stereocenters. The van der Waals surface area contributed by atoms with E-state index < -0.39 is 5.97 Å². The van der Waals surface area contributed by atoms with E-state index in [0.29, 0.717) is 25.0 Å². The van der Waals surface area contributed by atoms with Gasteiger partial charge in [0.1, 0.15) is 12.4 Å². The lowest BCUT2D eigenvalue weighted by Crippen LogP contribution is -2.50. The fourth-order valence-electron chi connectivity index (χ4n) is 4.90. The van der Waals surface area contributed by atoms with Crippen molar-refractivity contribution in [3.05, 3.63) is 71.8 Å². The van der Waals surface area contributed by atoms with Crippen LogP contribution in [0, 0.1) is 11.8 Å². The topological polar surface area (TPSA) is 88.1 Å². The number of rotatable bonds is 9. The van der Waals surface area contributed by atoms with E-state index in [9.17, 15) is 9.59 Å². The highest BCUT2D eigenvalue weighted by Gasteiger charge is 2.32. The van der Waals surface area contributed by atoms with E-state index in [0.717, 1.165) is 48.1 Å². The van der Waals surface area contributed by atoms with E-state index in [1.54, 1.807) is 18.2 Å². The molecule has 2 aliphatic rings. The Morgan fingerprint density at radius 2 is 1.71 bits per heavy atom. The summed E-state index contributed by atoms with van der Waals surface area (Å²) in [6.45, 7) is 0.872. The highest BCUT2D eigenvalue weighted by Crippen LogP contribution is 2.38. The smallest absolute Gasteiger partial charge is 0.329 e. The Balaban J connectivity index is 1.47. The maximum absolute atomic E-state index is 13.1. The minimum Gasteiger partial charge on any atom is -0.496 e. The number of aliphatic carboxylic acids is 1. The van der Waals surface area contributed by atoms with Gasteiger partial charge in [-0.1, -0.05) is 48.5 Å². The van der Waals surface area contributed by atoms with Crippen molar-refractivity contribution in [3.8, 4) is 5.75 Å². The largest absolute Gasteiger partial charge is 0.496 e. The number of methoxy groups -OCH3 is 1. The molecule has 1 atom stereocenters. The molecule has 34 heavy (non-hydrogen) atoms. The molecule has 1 fully saturated rings. The van der Waals surface area contributed by atoms with Gasteiger partial charge in [-0.3, -0.25) is 9.80 Å². The summed E-state index contributed by atoms with van der Waals surface area (Å²) in [5.74, 6) is 0.564. The van der Waals surface area contributed by atoms with E-state index >= 15 is 0 Å². The Bertz CT molecular complexity index is 1010. The van der Waals surface area contributed by atoms with Gasteiger partial charge in [0.05, 0.1) is 19.8 Å². The molecule has 1 amide bonds. The number of carboxylic acids is 1. The third-order valence-corrected chi connectivity index (χ3v) is 6.68. The van der Waals surface area contributed by atoms with Crippen LogP contribution in [-0.4, -0.2) is 48.9 Å². The number of benzene rings is 2. The van der Waals surface area contributed by atoms with Crippen molar-refractivity contribution < 1.29 is 24.2 Å². The molecule has 1 aliphatic carbocycles. The van der Waals surface area contributed by atoms with Crippen LogP contribution >= 0.6 is 0 Å². The van der Waals surface area contributed by atoms with Gasteiger partial charge in [-0.2, -0.15) is 0 Å². The zero-order chi connectivity index (χ0) is 23.9. The molecule has 4 rings (SSSR count). The molecule has 0 bridgehead atoms. The maximum Gasteiger partial charge on any atom is 0.329 e. The first-order chi connectivity index (χ1) is 16.5. The zero-order valence-corrected chi connectivity index (χ0v) is 19.5. The third-order valence-electron chi connectivity index (χ3n) is 6.68. The second-order valence-corrected chi connectivity index (χ2v) is 9.01. The minimum atomic E-state index is -0.934. The molecule has 0 saturated heterocycles. The zero-order valence-electron chi connectivity index (χ0n) is 19.5. The van der Waals surface area contributed by atoms with Gasteiger partial charge in [0.15, 0.2) is 0 Å². The van der Waals surface area contributed by atoms with Crippen LogP contribution in [0.3, 0.4) is 0 Å². The van der Waals surface area contributed by atoms with Crippen molar-refractivity contribution in [1.29, 1.82) is 0 Å². The highest BCUT2D eigenvalue weighted by atomic mass is 16.5. The molecule has 1 heterocycles. The molecule has 1 saturated carbocycles. The van der Waals surface area contributed by atoms with Gasteiger partial charge in [-0.25, -0.2) is 10.2 Å². The van der Waals surface area contributed by atoms with Crippen LogP contribution in [0.2, 0.25) is 0 Å². The van der Waals surface area contributed by atoms with Crippen molar-refractivity contribution in [1.82, 2.24) is 10.4 Å². The van der Waals surface area contributed by atoms with Crippen molar-refractivity contribution in [2.45, 2.75) is 31.7 Å². The summed E-state index contributed by atoms with van der Waals surface area (Å²) < 4.78 is 10.9. The lowest BCUT2D eigenvalue weighted by Gasteiger charge is -2.38. The highest BCUT2D eigenvalue weighted by molar-refractivity contribution is 5.98. The molecule has 2 N–H and O–H groups in total. The van der Waals surface area contributed by atoms with Gasteiger partial charge >= 0.3 is 5.97 Å². The summed E-state index contributed by atoms with van der Waals surface area (Å²) in [5, 5.41) is 10.5. The number of carbonyl (C=O) groups is 2.